The van der Waals surface area contributed by atoms with E-state index in [1.54, 1.807) is 0 Å². The number of benzene rings is 1. The van der Waals surface area contributed by atoms with Crippen molar-refractivity contribution in [2.24, 2.45) is 0 Å². The lowest BCUT2D eigenvalue weighted by Crippen LogP contribution is -1.67. The number of aryl methyl sites for hydroxylation is 1. The zero-order valence-corrected chi connectivity index (χ0v) is 8.39. The molecule has 0 aliphatic rings. The highest BCUT2D eigenvalue weighted by molar-refractivity contribution is 9.10. The monoisotopic (exact) mass is 234 g/mol. The van der Waals surface area contributed by atoms with Crippen LogP contribution in [0.4, 0.5) is 0 Å². The van der Waals surface area contributed by atoms with Crippen LogP contribution in [0.5, 0.6) is 0 Å². The summed E-state index contributed by atoms with van der Waals surface area (Å²) < 4.78 is 1.15. The number of hydrogen-bond donors (Lipinski definition) is 0. The predicted octanol–water partition coefficient (Wildman–Crippen LogP) is 3.21. The lowest BCUT2D eigenvalue weighted by Gasteiger charge is -1.89. The minimum Gasteiger partial charge on any atom is -0.147 e. The summed E-state index contributed by atoms with van der Waals surface area (Å²) in [6.07, 6.45) is 0. The van der Waals surface area contributed by atoms with Crippen molar-refractivity contribution in [2.75, 3.05) is 0 Å². The van der Waals surface area contributed by atoms with E-state index in [4.69, 9.17) is 10.8 Å². The van der Waals surface area contributed by atoms with Gasteiger partial charge in [-0.3, -0.25) is 0 Å². The van der Waals surface area contributed by atoms with Gasteiger partial charge in [-0.2, -0.15) is 0 Å². The van der Waals surface area contributed by atoms with E-state index < -0.39 is 0 Å². The second-order valence-corrected chi connectivity index (χ2v) is 2.71. The van der Waals surface area contributed by atoms with Crippen LogP contribution in [0, 0.1) is 17.7 Å². The molecule has 0 saturated heterocycles. The first-order chi connectivity index (χ1) is 4.79. The Bertz CT molecular complexity index is 207. The summed E-state index contributed by atoms with van der Waals surface area (Å²) in [5.74, 6) is 0. The Balaban J connectivity index is 0. The first-order valence-corrected chi connectivity index (χ1v) is 3.50. The van der Waals surface area contributed by atoms with E-state index in [1.165, 1.54) is 5.56 Å². The molecule has 0 amide bonds. The van der Waals surface area contributed by atoms with E-state index in [1.807, 2.05) is 12.1 Å². The number of nitrogens with zero attached hydrogens (tertiary/aromatic N) is 2. The molecule has 0 spiro atoms. The molecule has 4 heteroatoms. The topological polar surface area (TPSA) is 47.6 Å². The Morgan fingerprint density at radius 3 is 2.09 bits per heavy atom. The van der Waals surface area contributed by atoms with Crippen molar-refractivity contribution >= 4 is 28.3 Å². The van der Waals surface area contributed by atoms with E-state index >= 15 is 0 Å². The van der Waals surface area contributed by atoms with Gasteiger partial charge in [0.2, 0.25) is 0 Å². The molecule has 0 radical (unpaired) electrons. The fourth-order valence-corrected chi connectivity index (χ4v) is 1.12. The van der Waals surface area contributed by atoms with Gasteiger partial charge in [-0.25, -0.2) is 0 Å². The first kappa shape index (κ1) is 13.0. The Morgan fingerprint density at radius 2 is 1.82 bits per heavy atom. The summed E-state index contributed by atoms with van der Waals surface area (Å²) in [4.78, 5) is 0. The Hall–Kier alpha value is -0.590. The van der Waals surface area contributed by atoms with Crippen molar-refractivity contribution in [3.8, 4) is 0 Å². The summed E-state index contributed by atoms with van der Waals surface area (Å²) in [7, 11) is 0. The molecule has 0 fully saturated rings. The predicted molar refractivity (Wildman–Crippen MR) is 49.6 cm³/mol. The molecular formula is C7H8BrClN2. The third kappa shape index (κ3) is 5.84. The SMILES string of the molecule is Cc1cccc(Br)c1.Cl.N#N. The Kier molecular flexibility index (Phi) is 8.91. The molecule has 0 aromatic heterocycles. The molecular weight excluding hydrogens is 227 g/mol. The first-order valence-electron chi connectivity index (χ1n) is 2.71. The van der Waals surface area contributed by atoms with Gasteiger partial charge in [-0.15, -0.1) is 12.4 Å². The highest BCUT2D eigenvalue weighted by atomic mass is 79.9. The van der Waals surface area contributed by atoms with Crippen LogP contribution in [-0.4, -0.2) is 0 Å². The van der Waals surface area contributed by atoms with Crippen LogP contribution in [-0.2, 0) is 0 Å². The smallest absolute Gasteiger partial charge is 0.0177 e. The van der Waals surface area contributed by atoms with Gasteiger partial charge in [0.1, 0.15) is 0 Å². The number of hydrogen-bond acceptors (Lipinski definition) is 2. The van der Waals surface area contributed by atoms with Crippen LogP contribution < -0.4 is 0 Å². The molecule has 2 nitrogen and oxygen atoms in total. The van der Waals surface area contributed by atoms with Gasteiger partial charge < -0.3 is 0 Å². The second kappa shape index (κ2) is 7.52. The quantitative estimate of drug-likeness (QED) is 0.648. The van der Waals surface area contributed by atoms with Crippen molar-refractivity contribution in [1.82, 2.24) is 0 Å². The van der Waals surface area contributed by atoms with E-state index in [0.717, 1.165) is 4.47 Å². The summed E-state index contributed by atoms with van der Waals surface area (Å²) in [6, 6.07) is 8.21. The molecule has 1 aromatic rings. The molecule has 0 N–H and O–H groups in total. The fraction of sp³-hybridized carbons (Fsp3) is 0.143. The lowest BCUT2D eigenvalue weighted by molar-refractivity contribution is 1.15. The number of halogens is 2. The fourth-order valence-electron chi connectivity index (χ4n) is 0.606. The minimum absolute atomic E-state index is 0. The molecule has 0 aliphatic heterocycles. The van der Waals surface area contributed by atoms with Crippen LogP contribution in [0.2, 0.25) is 0 Å². The van der Waals surface area contributed by atoms with Crippen molar-refractivity contribution in [3.63, 3.8) is 0 Å². The maximum atomic E-state index is 6.00. The molecule has 1 aromatic carbocycles. The van der Waals surface area contributed by atoms with Gasteiger partial charge in [0.05, 0.1) is 0 Å². The van der Waals surface area contributed by atoms with Gasteiger partial charge in [0, 0.05) is 15.3 Å². The third-order valence-electron chi connectivity index (χ3n) is 0.980. The van der Waals surface area contributed by atoms with Crippen molar-refractivity contribution in [2.45, 2.75) is 6.92 Å². The van der Waals surface area contributed by atoms with Crippen LogP contribution in [0.25, 0.3) is 0 Å². The van der Waals surface area contributed by atoms with Gasteiger partial charge in [-0.05, 0) is 19.1 Å². The molecule has 60 valence electrons. The average molecular weight is 236 g/mol. The second-order valence-electron chi connectivity index (χ2n) is 1.80. The number of rotatable bonds is 0. The van der Waals surface area contributed by atoms with Crippen molar-refractivity contribution in [1.29, 1.82) is 10.8 Å². The van der Waals surface area contributed by atoms with Crippen LogP contribution in [0.1, 0.15) is 5.56 Å². The van der Waals surface area contributed by atoms with Crippen LogP contribution in [0.3, 0.4) is 0 Å². The van der Waals surface area contributed by atoms with Crippen molar-refractivity contribution in [3.05, 3.63) is 34.3 Å². The molecule has 0 unspecified atom stereocenters. The van der Waals surface area contributed by atoms with Gasteiger partial charge >= 0.3 is 0 Å². The third-order valence-corrected chi connectivity index (χ3v) is 1.47. The normalized spacial score (nSPS) is 6.91. The highest BCUT2D eigenvalue weighted by Crippen LogP contribution is 2.09. The van der Waals surface area contributed by atoms with Gasteiger partial charge in [0.15, 0.2) is 0 Å². The molecule has 0 bridgehead atoms. The van der Waals surface area contributed by atoms with Crippen molar-refractivity contribution < 1.29 is 0 Å². The maximum absolute atomic E-state index is 6.00. The zero-order chi connectivity index (χ0) is 7.98. The molecule has 0 atom stereocenters. The van der Waals surface area contributed by atoms with Gasteiger partial charge in [0.25, 0.3) is 0 Å². The molecule has 11 heavy (non-hydrogen) atoms. The van der Waals surface area contributed by atoms with E-state index in [-0.39, 0.29) is 12.4 Å². The van der Waals surface area contributed by atoms with E-state index in [0.29, 0.717) is 0 Å². The largest absolute Gasteiger partial charge is 0.147 e. The average Bonchev–Trinajstić information content (AvgIpc) is 1.91. The highest BCUT2D eigenvalue weighted by Gasteiger charge is 1.82. The maximum Gasteiger partial charge on any atom is 0.0177 e. The Labute approximate surface area is 80.6 Å². The van der Waals surface area contributed by atoms with E-state index in [9.17, 15) is 0 Å². The minimum atomic E-state index is 0. The van der Waals surface area contributed by atoms with Crippen LogP contribution >= 0.6 is 28.3 Å². The zero-order valence-electron chi connectivity index (χ0n) is 5.99. The van der Waals surface area contributed by atoms with E-state index in [2.05, 4.69) is 35.0 Å². The molecule has 0 heterocycles. The lowest BCUT2D eigenvalue weighted by atomic mass is 10.2. The standard InChI is InChI=1S/C7H7Br.ClH.N2/c1-6-3-2-4-7(8)5-6;;1-2/h2-5H,1H3;1H;. The molecule has 0 saturated carbocycles. The summed E-state index contributed by atoms with van der Waals surface area (Å²) >= 11 is 3.36. The summed E-state index contributed by atoms with van der Waals surface area (Å²) in [5.41, 5.74) is 1.29. The summed E-state index contributed by atoms with van der Waals surface area (Å²) in [6.45, 7) is 2.07. The summed E-state index contributed by atoms with van der Waals surface area (Å²) in [5, 5.41) is 12.0. The van der Waals surface area contributed by atoms with Crippen LogP contribution in [0.15, 0.2) is 28.7 Å². The Morgan fingerprint density at radius 1 is 1.27 bits per heavy atom. The molecule has 0 aliphatic carbocycles. The van der Waals surface area contributed by atoms with Gasteiger partial charge in [-0.1, -0.05) is 33.6 Å². The molecule has 1 rings (SSSR count).